The molecule has 1 amide bonds. The molecule has 1 N–H and O–H groups in total. The van der Waals surface area contributed by atoms with Crippen molar-refractivity contribution in [3.8, 4) is 0 Å². The van der Waals surface area contributed by atoms with E-state index in [-0.39, 0.29) is 17.9 Å². The average Bonchev–Trinajstić information content (AvgIpc) is 2.95. The molecule has 98 valence electrons. The first kappa shape index (κ1) is 13.3. The third-order valence-corrected chi connectivity index (χ3v) is 5.49. The van der Waals surface area contributed by atoms with Crippen molar-refractivity contribution in [1.82, 2.24) is 5.32 Å². The molecule has 2 rings (SSSR count). The van der Waals surface area contributed by atoms with Crippen LogP contribution in [0.5, 0.6) is 0 Å². The van der Waals surface area contributed by atoms with Gasteiger partial charge in [0.05, 0.1) is 12.0 Å². The van der Waals surface area contributed by atoms with Gasteiger partial charge in [0.2, 0.25) is 5.91 Å². The first-order chi connectivity index (χ1) is 8.17. The molecule has 1 heterocycles. The van der Waals surface area contributed by atoms with Crippen LogP contribution in [0.2, 0.25) is 0 Å². The second kappa shape index (κ2) is 5.70. The molecule has 1 saturated heterocycles. The molecule has 2 fully saturated rings. The Hall–Kier alpha value is -0.0900. The molecule has 0 aromatic rings. The minimum atomic E-state index is 0.0591. The monoisotopic (exact) mass is 303 g/mol. The van der Waals surface area contributed by atoms with Crippen LogP contribution in [0.3, 0.4) is 0 Å². The lowest BCUT2D eigenvalue weighted by molar-refractivity contribution is -0.126. The maximum atomic E-state index is 12.1. The van der Waals surface area contributed by atoms with E-state index in [0.29, 0.717) is 5.41 Å². The number of nitrogens with one attached hydrogen (secondary N) is 1. The fourth-order valence-corrected chi connectivity index (χ4v) is 3.72. The molecule has 4 heteroatoms. The summed E-state index contributed by atoms with van der Waals surface area (Å²) in [5.41, 5.74) is 0.304. The quantitative estimate of drug-likeness (QED) is 0.810. The van der Waals surface area contributed by atoms with Gasteiger partial charge >= 0.3 is 0 Å². The third-order valence-electron chi connectivity index (χ3n) is 4.30. The van der Waals surface area contributed by atoms with Gasteiger partial charge in [0.1, 0.15) is 0 Å². The smallest absolute Gasteiger partial charge is 0.225 e. The van der Waals surface area contributed by atoms with Gasteiger partial charge < -0.3 is 10.1 Å². The molecule has 2 atom stereocenters. The molecule has 0 bridgehead atoms. The van der Waals surface area contributed by atoms with E-state index >= 15 is 0 Å². The maximum Gasteiger partial charge on any atom is 0.225 e. The molecular weight excluding hydrogens is 282 g/mol. The molecule has 0 radical (unpaired) electrons. The minimum absolute atomic E-state index is 0.0591. The normalized spacial score (nSPS) is 31.6. The molecule has 0 aromatic heterocycles. The van der Waals surface area contributed by atoms with Crippen molar-refractivity contribution in [2.45, 2.75) is 45.1 Å². The summed E-state index contributed by atoms with van der Waals surface area (Å²) in [5, 5.41) is 4.14. The second-order valence-corrected chi connectivity index (χ2v) is 6.09. The molecule has 2 unspecified atom stereocenters. The highest BCUT2D eigenvalue weighted by atomic mass is 79.9. The van der Waals surface area contributed by atoms with E-state index in [1.807, 2.05) is 6.92 Å². The molecule has 1 saturated carbocycles. The topological polar surface area (TPSA) is 38.3 Å². The van der Waals surface area contributed by atoms with E-state index < -0.39 is 0 Å². The van der Waals surface area contributed by atoms with Gasteiger partial charge in [-0.3, -0.25) is 4.79 Å². The van der Waals surface area contributed by atoms with Gasteiger partial charge in [-0.25, -0.2) is 0 Å². The fourth-order valence-electron chi connectivity index (χ4n) is 2.96. The van der Waals surface area contributed by atoms with E-state index in [9.17, 15) is 4.79 Å². The van der Waals surface area contributed by atoms with Crippen molar-refractivity contribution in [3.63, 3.8) is 0 Å². The number of carbonyl (C=O) groups excluding carboxylic acids is 1. The number of hydrogen-bond acceptors (Lipinski definition) is 2. The zero-order valence-electron chi connectivity index (χ0n) is 10.5. The van der Waals surface area contributed by atoms with Crippen LogP contribution in [0, 0.1) is 11.3 Å². The Balaban J connectivity index is 1.82. The molecule has 1 aliphatic carbocycles. The third kappa shape index (κ3) is 3.02. The van der Waals surface area contributed by atoms with Gasteiger partial charge in [-0.15, -0.1) is 0 Å². The van der Waals surface area contributed by atoms with Gasteiger partial charge in [0.25, 0.3) is 0 Å². The van der Waals surface area contributed by atoms with E-state index in [1.165, 1.54) is 25.7 Å². The molecule has 2 aliphatic rings. The van der Waals surface area contributed by atoms with Gasteiger partial charge in [-0.1, -0.05) is 28.8 Å². The minimum Gasteiger partial charge on any atom is -0.378 e. The Labute approximate surface area is 112 Å². The first-order valence-corrected chi connectivity index (χ1v) is 7.74. The average molecular weight is 304 g/mol. The van der Waals surface area contributed by atoms with Crippen LogP contribution in [-0.4, -0.2) is 30.5 Å². The van der Waals surface area contributed by atoms with Gasteiger partial charge in [0, 0.05) is 18.5 Å². The summed E-state index contributed by atoms with van der Waals surface area (Å²) in [4.78, 5) is 12.1. The van der Waals surface area contributed by atoms with Gasteiger partial charge in [-0.05, 0) is 31.6 Å². The zero-order chi connectivity index (χ0) is 12.3. The van der Waals surface area contributed by atoms with Crippen LogP contribution in [0.4, 0.5) is 0 Å². The van der Waals surface area contributed by atoms with E-state index in [2.05, 4.69) is 21.2 Å². The molecular formula is C13H22BrNO2. The number of carbonyl (C=O) groups is 1. The van der Waals surface area contributed by atoms with Crippen LogP contribution < -0.4 is 5.32 Å². The van der Waals surface area contributed by atoms with Crippen LogP contribution in [0.15, 0.2) is 0 Å². The van der Waals surface area contributed by atoms with Crippen LogP contribution in [0.25, 0.3) is 0 Å². The van der Waals surface area contributed by atoms with E-state index in [1.54, 1.807) is 0 Å². The number of rotatable bonds is 4. The highest BCUT2D eigenvalue weighted by molar-refractivity contribution is 9.09. The number of ether oxygens (including phenoxy) is 1. The summed E-state index contributed by atoms with van der Waals surface area (Å²) in [6, 6.07) is 0. The van der Waals surface area contributed by atoms with Crippen molar-refractivity contribution in [3.05, 3.63) is 0 Å². The number of alkyl halides is 1. The zero-order valence-corrected chi connectivity index (χ0v) is 12.1. The fraction of sp³-hybridized carbons (Fsp3) is 0.923. The molecule has 1 aliphatic heterocycles. The van der Waals surface area contributed by atoms with E-state index in [0.717, 1.165) is 24.9 Å². The van der Waals surface area contributed by atoms with Crippen LogP contribution in [0.1, 0.15) is 39.0 Å². The molecule has 17 heavy (non-hydrogen) atoms. The lowest BCUT2D eigenvalue weighted by Crippen LogP contribution is -2.41. The Bertz CT molecular complexity index is 277. The summed E-state index contributed by atoms with van der Waals surface area (Å²) < 4.78 is 5.44. The largest absolute Gasteiger partial charge is 0.378 e. The Morgan fingerprint density at radius 1 is 1.47 bits per heavy atom. The predicted octanol–water partition coefficient (Wildman–Crippen LogP) is 2.48. The summed E-state index contributed by atoms with van der Waals surface area (Å²) >= 11 is 3.60. The SMILES string of the molecule is CC1OCCC1C(=O)NCC1(CBr)CCCC1. The summed E-state index contributed by atoms with van der Waals surface area (Å²) in [5.74, 6) is 0.242. The number of amides is 1. The number of hydrogen-bond donors (Lipinski definition) is 1. The highest BCUT2D eigenvalue weighted by Crippen LogP contribution is 2.39. The highest BCUT2D eigenvalue weighted by Gasteiger charge is 2.35. The van der Waals surface area contributed by atoms with Crippen molar-refractivity contribution in [2.24, 2.45) is 11.3 Å². The summed E-state index contributed by atoms with van der Waals surface area (Å²) in [6.07, 6.45) is 6.01. The first-order valence-electron chi connectivity index (χ1n) is 6.62. The Kier molecular flexibility index (Phi) is 4.47. The molecule has 3 nitrogen and oxygen atoms in total. The van der Waals surface area contributed by atoms with Crippen LogP contribution >= 0.6 is 15.9 Å². The van der Waals surface area contributed by atoms with Crippen LogP contribution in [-0.2, 0) is 9.53 Å². The second-order valence-electron chi connectivity index (χ2n) is 5.53. The van der Waals surface area contributed by atoms with Crippen molar-refractivity contribution in [2.75, 3.05) is 18.5 Å². The van der Waals surface area contributed by atoms with Gasteiger partial charge in [0.15, 0.2) is 0 Å². The van der Waals surface area contributed by atoms with Crippen molar-refractivity contribution in [1.29, 1.82) is 0 Å². The summed E-state index contributed by atoms with van der Waals surface area (Å²) in [6.45, 7) is 3.54. The van der Waals surface area contributed by atoms with Crippen molar-refractivity contribution >= 4 is 21.8 Å². The lowest BCUT2D eigenvalue weighted by atomic mass is 9.88. The van der Waals surface area contributed by atoms with Crippen molar-refractivity contribution < 1.29 is 9.53 Å². The predicted molar refractivity (Wildman–Crippen MR) is 71.2 cm³/mol. The standard InChI is InChI=1S/C13H22BrNO2/c1-10-11(4-7-17-10)12(16)15-9-13(8-14)5-2-3-6-13/h10-11H,2-9H2,1H3,(H,15,16). The van der Waals surface area contributed by atoms with E-state index in [4.69, 9.17) is 4.74 Å². The molecule has 0 aromatic carbocycles. The van der Waals surface area contributed by atoms with Gasteiger partial charge in [-0.2, -0.15) is 0 Å². The lowest BCUT2D eigenvalue weighted by Gasteiger charge is -2.27. The molecule has 0 spiro atoms. The Morgan fingerprint density at radius 3 is 2.71 bits per heavy atom. The maximum absolute atomic E-state index is 12.1. The number of halogens is 1. The Morgan fingerprint density at radius 2 is 2.18 bits per heavy atom. The summed E-state index contributed by atoms with van der Waals surface area (Å²) in [7, 11) is 0.